The highest BCUT2D eigenvalue weighted by atomic mass is 16.5. The number of hydrogen-bond donors (Lipinski definition) is 3. The summed E-state index contributed by atoms with van der Waals surface area (Å²) in [7, 11) is 1.71. The van der Waals surface area contributed by atoms with Crippen molar-refractivity contribution < 1.29 is 9.53 Å². The first-order valence-corrected chi connectivity index (χ1v) is 10.4. The van der Waals surface area contributed by atoms with Gasteiger partial charge in [0, 0.05) is 38.3 Å². The lowest BCUT2D eigenvalue weighted by Gasteiger charge is -2.15. The zero-order valence-electron chi connectivity index (χ0n) is 18.0. The summed E-state index contributed by atoms with van der Waals surface area (Å²) >= 11 is 0. The van der Waals surface area contributed by atoms with Crippen molar-refractivity contribution in [1.82, 2.24) is 15.6 Å². The fourth-order valence-corrected chi connectivity index (χ4v) is 2.88. The molecular weight excluding hydrogens is 378 g/mol. The van der Waals surface area contributed by atoms with E-state index < -0.39 is 0 Å². The number of ether oxygens (including phenoxy) is 1. The van der Waals surface area contributed by atoms with Gasteiger partial charge in [-0.25, -0.2) is 4.98 Å². The van der Waals surface area contributed by atoms with E-state index in [1.54, 1.807) is 19.3 Å². The summed E-state index contributed by atoms with van der Waals surface area (Å²) in [5.74, 6) is 2.75. The molecule has 3 N–H and O–H groups in total. The first-order chi connectivity index (χ1) is 14.5. The molecule has 0 unspecified atom stereocenters. The van der Waals surface area contributed by atoms with Crippen molar-refractivity contribution in [2.24, 2.45) is 10.9 Å². The van der Waals surface area contributed by atoms with E-state index in [9.17, 15) is 4.79 Å². The summed E-state index contributed by atoms with van der Waals surface area (Å²) in [6, 6.07) is 9.96. The molecule has 3 rings (SSSR count). The van der Waals surface area contributed by atoms with Gasteiger partial charge in [0.1, 0.15) is 11.6 Å². The Morgan fingerprint density at radius 2 is 1.97 bits per heavy atom. The van der Waals surface area contributed by atoms with Crippen LogP contribution in [0.15, 0.2) is 41.5 Å². The molecule has 7 heteroatoms. The molecule has 0 spiro atoms. The number of pyridine rings is 1. The average Bonchev–Trinajstić information content (AvgIpc) is 3.56. The lowest BCUT2D eigenvalue weighted by Crippen LogP contribution is -2.38. The number of rotatable bonds is 9. The largest absolute Gasteiger partial charge is 0.493 e. The van der Waals surface area contributed by atoms with Crippen LogP contribution in [0.1, 0.15) is 36.0 Å². The highest BCUT2D eigenvalue weighted by molar-refractivity contribution is 5.90. The van der Waals surface area contributed by atoms with Gasteiger partial charge in [0.25, 0.3) is 0 Å². The number of nitrogens with one attached hydrogen (secondary N) is 3. The number of carbonyl (C=O) groups excluding carboxylic acids is 1. The Hall–Kier alpha value is -3.09. The normalized spacial score (nSPS) is 13.6. The number of amides is 1. The molecule has 0 radical (unpaired) electrons. The van der Waals surface area contributed by atoms with Crippen LogP contribution in [-0.2, 0) is 11.3 Å². The summed E-state index contributed by atoms with van der Waals surface area (Å²) in [6.07, 6.45) is 4.58. The minimum absolute atomic E-state index is 0.0939. The van der Waals surface area contributed by atoms with Crippen LogP contribution in [0, 0.1) is 19.8 Å². The number of aromatic nitrogens is 1. The molecule has 7 nitrogen and oxygen atoms in total. The van der Waals surface area contributed by atoms with Gasteiger partial charge in [-0.1, -0.05) is 18.2 Å². The van der Waals surface area contributed by atoms with Gasteiger partial charge in [-0.3, -0.25) is 9.79 Å². The molecule has 1 aliphatic carbocycles. The van der Waals surface area contributed by atoms with Gasteiger partial charge in [-0.15, -0.1) is 0 Å². The minimum Gasteiger partial charge on any atom is -0.493 e. The summed E-state index contributed by atoms with van der Waals surface area (Å²) in [5.41, 5.74) is 3.33. The topological polar surface area (TPSA) is 87.6 Å². The van der Waals surface area contributed by atoms with Crippen LogP contribution in [0.25, 0.3) is 0 Å². The van der Waals surface area contributed by atoms with Crippen LogP contribution in [0.5, 0.6) is 5.75 Å². The summed E-state index contributed by atoms with van der Waals surface area (Å²) in [6.45, 7) is 5.88. The molecule has 1 saturated carbocycles. The second-order valence-electron chi connectivity index (χ2n) is 7.74. The van der Waals surface area contributed by atoms with Crippen molar-refractivity contribution in [3.63, 3.8) is 0 Å². The van der Waals surface area contributed by atoms with Crippen molar-refractivity contribution in [3.05, 3.63) is 53.2 Å². The predicted octanol–water partition coefficient (Wildman–Crippen LogP) is 3.18. The number of hydrogen-bond acceptors (Lipinski definition) is 4. The molecule has 1 heterocycles. The number of benzene rings is 1. The van der Waals surface area contributed by atoms with Crippen LogP contribution in [0.3, 0.4) is 0 Å². The molecule has 1 aromatic heterocycles. The van der Waals surface area contributed by atoms with E-state index in [1.165, 1.54) is 18.4 Å². The molecule has 1 aliphatic rings. The van der Waals surface area contributed by atoms with Crippen molar-refractivity contribution in [2.45, 2.75) is 39.7 Å². The maximum Gasteiger partial charge on any atom is 0.227 e. The number of aliphatic imine (C=N–C) groups is 1. The Morgan fingerprint density at radius 3 is 2.67 bits per heavy atom. The van der Waals surface area contributed by atoms with Crippen LogP contribution >= 0.6 is 0 Å². The molecule has 0 saturated heterocycles. The van der Waals surface area contributed by atoms with Crippen molar-refractivity contribution in [1.29, 1.82) is 0 Å². The van der Waals surface area contributed by atoms with E-state index in [0.29, 0.717) is 37.2 Å². The van der Waals surface area contributed by atoms with Gasteiger partial charge in [0.2, 0.25) is 5.91 Å². The van der Waals surface area contributed by atoms with Crippen LogP contribution < -0.4 is 20.7 Å². The van der Waals surface area contributed by atoms with Gasteiger partial charge in [0.15, 0.2) is 5.96 Å². The van der Waals surface area contributed by atoms with Crippen molar-refractivity contribution in [3.8, 4) is 5.75 Å². The second kappa shape index (κ2) is 10.6. The zero-order valence-corrected chi connectivity index (χ0v) is 18.0. The van der Waals surface area contributed by atoms with Gasteiger partial charge < -0.3 is 20.7 Å². The van der Waals surface area contributed by atoms with E-state index in [1.807, 2.05) is 13.0 Å². The standard InChI is InChI=1S/C23H31N5O2/c1-16-4-8-19(20(12-16)30-15-18-6-7-18)14-27-23(24-3)25-11-10-22(29)28-21-9-5-17(2)13-26-21/h4-5,8-9,12-13,18H,6-7,10-11,14-15H2,1-3H3,(H2,24,25,27)(H,26,28,29). The van der Waals surface area contributed by atoms with Crippen molar-refractivity contribution >= 4 is 17.7 Å². The second-order valence-corrected chi connectivity index (χ2v) is 7.74. The fraction of sp³-hybridized carbons (Fsp3) is 0.435. The maximum atomic E-state index is 12.1. The molecule has 0 aliphatic heterocycles. The van der Waals surface area contributed by atoms with E-state index in [-0.39, 0.29) is 5.91 Å². The molecule has 1 amide bonds. The van der Waals surface area contributed by atoms with Gasteiger partial charge in [0.05, 0.1) is 6.61 Å². The lowest BCUT2D eigenvalue weighted by molar-refractivity contribution is -0.116. The number of anilines is 1. The minimum atomic E-state index is -0.0939. The monoisotopic (exact) mass is 409 g/mol. The lowest BCUT2D eigenvalue weighted by atomic mass is 10.1. The summed E-state index contributed by atoms with van der Waals surface area (Å²) in [5, 5.41) is 9.26. The molecule has 160 valence electrons. The third-order valence-electron chi connectivity index (χ3n) is 4.89. The number of guanidine groups is 1. The van der Waals surface area contributed by atoms with E-state index in [4.69, 9.17) is 4.74 Å². The maximum absolute atomic E-state index is 12.1. The Balaban J connectivity index is 1.43. The van der Waals surface area contributed by atoms with Gasteiger partial charge in [-0.2, -0.15) is 0 Å². The first kappa shape index (κ1) is 21.6. The third-order valence-corrected chi connectivity index (χ3v) is 4.89. The van der Waals surface area contributed by atoms with E-state index >= 15 is 0 Å². The Labute approximate surface area is 178 Å². The number of aryl methyl sites for hydroxylation is 2. The molecule has 30 heavy (non-hydrogen) atoms. The number of nitrogens with zero attached hydrogens (tertiary/aromatic N) is 2. The van der Waals surface area contributed by atoms with Gasteiger partial charge >= 0.3 is 0 Å². The molecule has 0 bridgehead atoms. The Morgan fingerprint density at radius 1 is 1.17 bits per heavy atom. The van der Waals surface area contributed by atoms with E-state index in [2.05, 4.69) is 51.0 Å². The molecular formula is C23H31N5O2. The smallest absolute Gasteiger partial charge is 0.227 e. The molecule has 1 aromatic carbocycles. The average molecular weight is 410 g/mol. The highest BCUT2D eigenvalue weighted by Gasteiger charge is 2.22. The van der Waals surface area contributed by atoms with Gasteiger partial charge in [-0.05, 0) is 55.9 Å². The molecule has 0 atom stereocenters. The third kappa shape index (κ3) is 7.06. The van der Waals surface area contributed by atoms with Crippen LogP contribution in [-0.4, -0.2) is 37.1 Å². The SMILES string of the molecule is CN=C(NCCC(=O)Nc1ccc(C)cn1)NCc1ccc(C)cc1OCC1CC1. The quantitative estimate of drug-likeness (QED) is 0.437. The summed E-state index contributed by atoms with van der Waals surface area (Å²) in [4.78, 5) is 20.5. The predicted molar refractivity (Wildman–Crippen MR) is 120 cm³/mol. The number of carbonyl (C=O) groups is 1. The molecule has 1 fully saturated rings. The molecule has 2 aromatic rings. The Bertz CT molecular complexity index is 876. The Kier molecular flexibility index (Phi) is 7.65. The first-order valence-electron chi connectivity index (χ1n) is 10.4. The summed E-state index contributed by atoms with van der Waals surface area (Å²) < 4.78 is 6.03. The highest BCUT2D eigenvalue weighted by Crippen LogP contribution is 2.30. The van der Waals surface area contributed by atoms with Crippen molar-refractivity contribution in [2.75, 3.05) is 25.5 Å². The van der Waals surface area contributed by atoms with E-state index in [0.717, 1.165) is 23.5 Å². The zero-order chi connectivity index (χ0) is 21.3. The van der Waals surface area contributed by atoms with Crippen LogP contribution in [0.4, 0.5) is 5.82 Å². The van der Waals surface area contributed by atoms with Crippen LogP contribution in [0.2, 0.25) is 0 Å². The fourth-order valence-electron chi connectivity index (χ4n) is 2.88.